The fourth-order valence-electron chi connectivity index (χ4n) is 1.52. The lowest BCUT2D eigenvalue weighted by Crippen LogP contribution is -2.33. The van der Waals surface area contributed by atoms with Crippen LogP contribution in [0.4, 0.5) is 5.69 Å². The topological polar surface area (TPSA) is 61.4 Å². The largest absolute Gasteiger partial charge is 0.506 e. The van der Waals surface area contributed by atoms with Gasteiger partial charge in [0.25, 0.3) is 0 Å². The van der Waals surface area contributed by atoms with Gasteiger partial charge in [0.2, 0.25) is 5.91 Å². The molecule has 20 heavy (non-hydrogen) atoms. The molecule has 1 aromatic carbocycles. The van der Waals surface area contributed by atoms with E-state index >= 15 is 0 Å². The molecule has 3 N–H and O–H groups in total. The summed E-state index contributed by atoms with van der Waals surface area (Å²) in [5, 5.41) is 15.4. The van der Waals surface area contributed by atoms with Gasteiger partial charge in [0, 0.05) is 12.1 Å². The van der Waals surface area contributed by atoms with Crippen LogP contribution < -0.4 is 10.6 Å². The highest BCUT2D eigenvalue weighted by Crippen LogP contribution is 2.35. The first-order valence-corrected chi connectivity index (χ1v) is 8.22. The summed E-state index contributed by atoms with van der Waals surface area (Å²) >= 11 is 11.5. The van der Waals surface area contributed by atoms with Gasteiger partial charge in [-0.3, -0.25) is 4.79 Å². The van der Waals surface area contributed by atoms with Crippen molar-refractivity contribution in [3.05, 3.63) is 21.1 Å². The van der Waals surface area contributed by atoms with Gasteiger partial charge in [0.1, 0.15) is 5.75 Å². The molecule has 110 valence electrons. The van der Waals surface area contributed by atoms with Gasteiger partial charge in [-0.15, -0.1) is 0 Å². The molecule has 7 heteroatoms. The predicted molar refractivity (Wildman–Crippen MR) is 92.0 cm³/mol. The van der Waals surface area contributed by atoms with E-state index in [4.69, 9.17) is 12.2 Å². The molecular weight excluding hydrogens is 408 g/mol. The Kier molecular flexibility index (Phi) is 7.47. The van der Waals surface area contributed by atoms with Crippen LogP contribution in [0.5, 0.6) is 5.75 Å². The highest BCUT2D eigenvalue weighted by molar-refractivity contribution is 9.11. The number of aromatic hydroxyl groups is 1. The van der Waals surface area contributed by atoms with E-state index in [2.05, 4.69) is 49.4 Å². The first-order chi connectivity index (χ1) is 9.43. The number of hydrogen-bond donors (Lipinski definition) is 3. The van der Waals surface area contributed by atoms with E-state index in [1.807, 2.05) is 0 Å². The summed E-state index contributed by atoms with van der Waals surface area (Å²) in [6.07, 6.45) is 3.44. The summed E-state index contributed by atoms with van der Waals surface area (Å²) in [6, 6.07) is 3.35. The van der Waals surface area contributed by atoms with E-state index in [9.17, 15) is 9.90 Å². The molecular formula is C13H16Br2N2O2S. The quantitative estimate of drug-likeness (QED) is 0.375. The van der Waals surface area contributed by atoms with E-state index in [1.54, 1.807) is 12.1 Å². The first kappa shape index (κ1) is 17.4. The zero-order valence-corrected chi connectivity index (χ0v) is 15.0. The Balaban J connectivity index is 2.52. The minimum atomic E-state index is -0.0899. The number of halogens is 2. The third-order valence-electron chi connectivity index (χ3n) is 2.54. The average molecular weight is 424 g/mol. The highest BCUT2D eigenvalue weighted by Gasteiger charge is 2.08. The zero-order chi connectivity index (χ0) is 15.1. The number of phenolic OH excluding ortho intramolecular Hbond substituents is 1. The lowest BCUT2D eigenvalue weighted by molar-refractivity contribution is -0.119. The van der Waals surface area contributed by atoms with Gasteiger partial charge in [-0.25, -0.2) is 0 Å². The Morgan fingerprint density at radius 2 is 1.90 bits per heavy atom. The molecule has 0 spiro atoms. The zero-order valence-electron chi connectivity index (χ0n) is 11.0. The first-order valence-electron chi connectivity index (χ1n) is 6.23. The Labute approximate surface area is 140 Å². The molecule has 1 aromatic rings. The fourth-order valence-corrected chi connectivity index (χ4v) is 2.94. The van der Waals surface area contributed by atoms with Crippen LogP contribution in [0.1, 0.15) is 32.6 Å². The third kappa shape index (κ3) is 5.76. The van der Waals surface area contributed by atoms with Gasteiger partial charge in [-0.2, -0.15) is 0 Å². The van der Waals surface area contributed by atoms with Crippen LogP contribution in [0.15, 0.2) is 21.1 Å². The van der Waals surface area contributed by atoms with E-state index in [0.717, 1.165) is 19.3 Å². The minimum Gasteiger partial charge on any atom is -0.506 e. The maximum Gasteiger partial charge on any atom is 0.226 e. The van der Waals surface area contributed by atoms with Crippen LogP contribution in [0, 0.1) is 0 Å². The summed E-state index contributed by atoms with van der Waals surface area (Å²) < 4.78 is 1.07. The van der Waals surface area contributed by atoms with Crippen LogP contribution in [-0.2, 0) is 4.79 Å². The Morgan fingerprint density at radius 1 is 1.30 bits per heavy atom. The van der Waals surface area contributed by atoms with Crippen molar-refractivity contribution in [3.8, 4) is 5.75 Å². The maximum atomic E-state index is 11.6. The van der Waals surface area contributed by atoms with Gasteiger partial charge in [0.05, 0.1) is 8.95 Å². The van der Waals surface area contributed by atoms with Crippen LogP contribution in [0.3, 0.4) is 0 Å². The van der Waals surface area contributed by atoms with Crippen LogP contribution >= 0.6 is 44.1 Å². The van der Waals surface area contributed by atoms with Crippen LogP contribution in [0.2, 0.25) is 0 Å². The Morgan fingerprint density at radius 3 is 2.45 bits per heavy atom. The molecule has 0 radical (unpaired) electrons. The molecule has 1 amide bonds. The normalized spacial score (nSPS) is 10.2. The second kappa shape index (κ2) is 8.59. The van der Waals surface area contributed by atoms with E-state index < -0.39 is 0 Å². The molecule has 4 nitrogen and oxygen atoms in total. The number of unbranched alkanes of at least 4 members (excludes halogenated alkanes) is 2. The van der Waals surface area contributed by atoms with Crippen molar-refractivity contribution in [1.29, 1.82) is 0 Å². The van der Waals surface area contributed by atoms with Gasteiger partial charge in [-0.1, -0.05) is 19.8 Å². The fraction of sp³-hybridized carbons (Fsp3) is 0.385. The van der Waals surface area contributed by atoms with Gasteiger partial charge in [0.15, 0.2) is 5.11 Å². The van der Waals surface area contributed by atoms with Crippen molar-refractivity contribution in [2.45, 2.75) is 32.6 Å². The van der Waals surface area contributed by atoms with Crippen LogP contribution in [0.25, 0.3) is 0 Å². The second-order valence-corrected chi connectivity index (χ2v) is 6.36. The number of hydrogen-bond acceptors (Lipinski definition) is 3. The lowest BCUT2D eigenvalue weighted by Gasteiger charge is -2.11. The number of anilines is 1. The molecule has 0 heterocycles. The number of carbonyl (C=O) groups is 1. The van der Waals surface area contributed by atoms with Gasteiger partial charge in [-0.05, 0) is 62.6 Å². The second-order valence-electron chi connectivity index (χ2n) is 4.25. The smallest absolute Gasteiger partial charge is 0.226 e. The molecule has 0 atom stereocenters. The van der Waals surface area contributed by atoms with Crippen molar-refractivity contribution in [1.82, 2.24) is 5.32 Å². The van der Waals surface area contributed by atoms with Gasteiger partial charge >= 0.3 is 0 Å². The molecule has 0 saturated carbocycles. The van der Waals surface area contributed by atoms with Crippen molar-refractivity contribution in [3.63, 3.8) is 0 Å². The lowest BCUT2D eigenvalue weighted by atomic mass is 10.2. The minimum absolute atomic E-state index is 0.0899. The summed E-state index contributed by atoms with van der Waals surface area (Å²) in [5.74, 6) is 0.0259. The van der Waals surface area contributed by atoms with E-state index in [0.29, 0.717) is 21.1 Å². The molecule has 0 fully saturated rings. The summed E-state index contributed by atoms with van der Waals surface area (Å²) in [4.78, 5) is 11.6. The standard InChI is InChI=1S/C13H16Br2N2O2S/c1-2-3-4-5-11(18)17-13(20)16-8-6-9(14)12(19)10(15)7-8/h6-7,19H,2-5H2,1H3,(H2,16,17,18,20). The third-order valence-corrected chi connectivity index (χ3v) is 3.95. The van der Waals surface area contributed by atoms with Crippen molar-refractivity contribution in [2.75, 3.05) is 5.32 Å². The summed E-state index contributed by atoms with van der Waals surface area (Å²) in [7, 11) is 0. The SMILES string of the molecule is CCCCCC(=O)NC(=S)Nc1cc(Br)c(O)c(Br)c1. The van der Waals surface area contributed by atoms with Crippen molar-refractivity contribution >= 4 is 60.8 Å². The van der Waals surface area contributed by atoms with E-state index in [1.165, 1.54) is 0 Å². The molecule has 0 unspecified atom stereocenters. The summed E-state index contributed by atoms with van der Waals surface area (Å²) in [5.41, 5.74) is 0.667. The monoisotopic (exact) mass is 422 g/mol. The summed E-state index contributed by atoms with van der Waals surface area (Å²) in [6.45, 7) is 2.09. The number of benzene rings is 1. The Hall–Kier alpha value is -0.660. The molecule has 0 bridgehead atoms. The number of rotatable bonds is 5. The van der Waals surface area contributed by atoms with E-state index in [-0.39, 0.29) is 16.8 Å². The highest BCUT2D eigenvalue weighted by atomic mass is 79.9. The number of amides is 1. The molecule has 0 aromatic heterocycles. The maximum absolute atomic E-state index is 11.6. The number of carbonyl (C=O) groups excluding carboxylic acids is 1. The average Bonchev–Trinajstić information content (AvgIpc) is 2.35. The molecule has 0 aliphatic heterocycles. The molecule has 0 saturated heterocycles. The molecule has 1 rings (SSSR count). The molecule has 0 aliphatic rings. The molecule has 0 aliphatic carbocycles. The number of nitrogens with one attached hydrogen (secondary N) is 2. The van der Waals surface area contributed by atoms with Crippen LogP contribution in [-0.4, -0.2) is 16.1 Å². The van der Waals surface area contributed by atoms with Gasteiger partial charge < -0.3 is 15.7 Å². The Bertz CT molecular complexity index is 486. The van der Waals surface area contributed by atoms with Crippen molar-refractivity contribution in [2.24, 2.45) is 0 Å². The number of phenols is 1. The predicted octanol–water partition coefficient (Wildman–Crippen LogP) is 4.31. The number of thiocarbonyl (C=S) groups is 1. The van der Waals surface area contributed by atoms with Crippen molar-refractivity contribution < 1.29 is 9.90 Å².